The van der Waals surface area contributed by atoms with Gasteiger partial charge in [0.2, 0.25) is 5.91 Å². The topological polar surface area (TPSA) is 83.1 Å². The number of ether oxygens (including phenoxy) is 2. The SMILES string of the molecule is CC(C)(C)OC(=O)NCCCCCC(=O)Nc1ccc(CCCN2CCN(CCOC(c3ccc(F)cc3)c3ccc(F)cc3)CC2)cc1. The Hall–Kier alpha value is -3.86. The Morgan fingerprint density at radius 2 is 1.33 bits per heavy atom. The number of halogens is 2. The maximum absolute atomic E-state index is 13.5. The van der Waals surface area contributed by atoms with Crippen molar-refractivity contribution in [3.05, 3.63) is 101 Å². The average Bonchev–Trinajstić information content (AvgIpc) is 3.06. The van der Waals surface area contributed by atoms with E-state index in [2.05, 4.69) is 32.6 Å². The van der Waals surface area contributed by atoms with Gasteiger partial charge in [-0.1, -0.05) is 42.8 Å². The van der Waals surface area contributed by atoms with E-state index in [0.29, 0.717) is 19.6 Å². The van der Waals surface area contributed by atoms with Crippen molar-refractivity contribution in [2.75, 3.05) is 57.7 Å². The fourth-order valence-electron chi connectivity index (χ4n) is 5.77. The molecule has 0 radical (unpaired) electrons. The lowest BCUT2D eigenvalue weighted by molar-refractivity contribution is -0.116. The summed E-state index contributed by atoms with van der Waals surface area (Å²) in [5.41, 5.74) is 3.23. The van der Waals surface area contributed by atoms with Crippen molar-refractivity contribution < 1.29 is 27.8 Å². The molecule has 0 saturated carbocycles. The molecule has 0 aromatic heterocycles. The molecule has 3 aromatic rings. The van der Waals surface area contributed by atoms with Crippen molar-refractivity contribution in [2.24, 2.45) is 0 Å². The molecule has 10 heteroatoms. The van der Waals surface area contributed by atoms with E-state index in [1.54, 1.807) is 24.3 Å². The number of alkyl carbamates (subject to hydrolysis) is 1. The van der Waals surface area contributed by atoms with Crippen molar-refractivity contribution in [1.29, 1.82) is 0 Å². The zero-order valence-electron chi connectivity index (χ0n) is 29.2. The summed E-state index contributed by atoms with van der Waals surface area (Å²) >= 11 is 0. The van der Waals surface area contributed by atoms with Crippen molar-refractivity contribution in [1.82, 2.24) is 15.1 Å². The van der Waals surface area contributed by atoms with Gasteiger partial charge in [-0.25, -0.2) is 13.6 Å². The summed E-state index contributed by atoms with van der Waals surface area (Å²) in [6, 6.07) is 20.7. The second-order valence-corrected chi connectivity index (χ2v) is 13.6. The third-order valence-corrected chi connectivity index (χ3v) is 8.43. The van der Waals surface area contributed by atoms with Crippen LogP contribution in [0.4, 0.5) is 19.3 Å². The number of benzene rings is 3. The molecule has 1 saturated heterocycles. The van der Waals surface area contributed by atoms with E-state index in [9.17, 15) is 18.4 Å². The maximum atomic E-state index is 13.5. The van der Waals surface area contributed by atoms with E-state index in [1.807, 2.05) is 32.9 Å². The van der Waals surface area contributed by atoms with Gasteiger partial charge >= 0.3 is 6.09 Å². The van der Waals surface area contributed by atoms with Gasteiger partial charge in [0, 0.05) is 51.4 Å². The van der Waals surface area contributed by atoms with Crippen molar-refractivity contribution in [3.63, 3.8) is 0 Å². The standard InChI is InChI=1S/C39H52F2N4O4/c1-39(2,3)49-38(47)42-22-6-4-5-9-36(46)43-35-20-10-30(11-21-35)8-7-23-44-24-26-45(27-25-44)28-29-48-37(31-12-16-33(40)17-13-31)32-14-18-34(41)19-15-32/h10-21,37H,4-9,22-29H2,1-3H3,(H,42,47)(H,43,46). The van der Waals surface area contributed by atoms with Crippen molar-refractivity contribution >= 4 is 17.7 Å². The summed E-state index contributed by atoms with van der Waals surface area (Å²) in [7, 11) is 0. The molecule has 0 spiro atoms. The predicted molar refractivity (Wildman–Crippen MR) is 190 cm³/mol. The van der Waals surface area contributed by atoms with E-state index >= 15 is 0 Å². The minimum absolute atomic E-state index is 0.000805. The van der Waals surface area contributed by atoms with Crippen LogP contribution in [0.3, 0.4) is 0 Å². The van der Waals surface area contributed by atoms with E-state index < -0.39 is 11.7 Å². The molecule has 4 rings (SSSR count). The number of hydrogen-bond acceptors (Lipinski definition) is 6. The number of carbonyl (C=O) groups excluding carboxylic acids is 2. The smallest absolute Gasteiger partial charge is 0.407 e. The minimum atomic E-state index is -0.508. The van der Waals surface area contributed by atoms with Crippen LogP contribution in [0.1, 0.15) is 75.7 Å². The number of anilines is 1. The van der Waals surface area contributed by atoms with E-state index in [-0.39, 0.29) is 23.6 Å². The highest BCUT2D eigenvalue weighted by molar-refractivity contribution is 5.90. The molecule has 49 heavy (non-hydrogen) atoms. The summed E-state index contributed by atoms with van der Waals surface area (Å²) < 4.78 is 38.5. The Morgan fingerprint density at radius 1 is 0.755 bits per heavy atom. The average molecular weight is 679 g/mol. The van der Waals surface area contributed by atoms with Gasteiger partial charge < -0.3 is 25.0 Å². The lowest BCUT2D eigenvalue weighted by Crippen LogP contribution is -2.47. The van der Waals surface area contributed by atoms with Crippen LogP contribution in [0.2, 0.25) is 0 Å². The third-order valence-electron chi connectivity index (χ3n) is 8.43. The van der Waals surface area contributed by atoms with Crippen LogP contribution in [0.15, 0.2) is 72.8 Å². The fraction of sp³-hybridized carbons (Fsp3) is 0.487. The van der Waals surface area contributed by atoms with Crippen LogP contribution in [-0.4, -0.2) is 79.8 Å². The van der Waals surface area contributed by atoms with Gasteiger partial charge in [0.15, 0.2) is 0 Å². The normalized spacial score (nSPS) is 14.2. The Morgan fingerprint density at radius 3 is 1.90 bits per heavy atom. The lowest BCUT2D eigenvalue weighted by atomic mass is 10.0. The number of rotatable bonds is 17. The highest BCUT2D eigenvalue weighted by Crippen LogP contribution is 2.26. The highest BCUT2D eigenvalue weighted by atomic mass is 19.1. The molecule has 2 amide bonds. The fourth-order valence-corrected chi connectivity index (χ4v) is 5.77. The highest BCUT2D eigenvalue weighted by Gasteiger charge is 2.19. The van der Waals surface area contributed by atoms with Crippen LogP contribution in [0.5, 0.6) is 0 Å². The van der Waals surface area contributed by atoms with E-state index in [4.69, 9.17) is 9.47 Å². The minimum Gasteiger partial charge on any atom is -0.444 e. The molecule has 0 aliphatic carbocycles. The van der Waals surface area contributed by atoms with E-state index in [1.165, 1.54) is 29.8 Å². The second kappa shape index (κ2) is 19.4. The molecule has 3 aromatic carbocycles. The van der Waals surface area contributed by atoms with Gasteiger partial charge in [0.05, 0.1) is 6.61 Å². The van der Waals surface area contributed by atoms with Crippen LogP contribution < -0.4 is 10.6 Å². The Bertz CT molecular complexity index is 1380. The Kier molecular flexibility index (Phi) is 15.0. The third kappa shape index (κ3) is 14.3. The Balaban J connectivity index is 1.06. The maximum Gasteiger partial charge on any atom is 0.407 e. The Labute approximate surface area is 290 Å². The molecular formula is C39H52F2N4O4. The zero-order chi connectivity index (χ0) is 35.1. The molecule has 1 fully saturated rings. The van der Waals surface area contributed by atoms with Crippen molar-refractivity contribution in [3.8, 4) is 0 Å². The molecular weight excluding hydrogens is 626 g/mol. The van der Waals surface area contributed by atoms with Gasteiger partial charge in [-0.05, 0) is 106 Å². The van der Waals surface area contributed by atoms with Crippen LogP contribution in [0, 0.1) is 11.6 Å². The van der Waals surface area contributed by atoms with Crippen LogP contribution >= 0.6 is 0 Å². The summed E-state index contributed by atoms with van der Waals surface area (Å²) in [6.45, 7) is 12.3. The lowest BCUT2D eigenvalue weighted by Gasteiger charge is -2.35. The zero-order valence-corrected chi connectivity index (χ0v) is 29.2. The number of hydrogen-bond donors (Lipinski definition) is 2. The van der Waals surface area contributed by atoms with E-state index in [0.717, 1.165) is 88.2 Å². The van der Waals surface area contributed by atoms with Crippen LogP contribution in [0.25, 0.3) is 0 Å². The first-order chi connectivity index (χ1) is 23.5. The predicted octanol–water partition coefficient (Wildman–Crippen LogP) is 7.34. The molecule has 2 N–H and O–H groups in total. The number of carbonyl (C=O) groups is 2. The molecule has 266 valence electrons. The number of aryl methyl sites for hydroxylation is 1. The molecule has 1 aliphatic rings. The largest absolute Gasteiger partial charge is 0.444 e. The van der Waals surface area contributed by atoms with Crippen molar-refractivity contribution in [2.45, 2.75) is 71.0 Å². The molecule has 1 aliphatic heterocycles. The number of piperazine rings is 1. The van der Waals surface area contributed by atoms with Gasteiger partial charge in [-0.15, -0.1) is 0 Å². The number of nitrogens with one attached hydrogen (secondary N) is 2. The molecule has 0 bridgehead atoms. The first kappa shape index (κ1) is 38.0. The molecule has 0 unspecified atom stereocenters. The second-order valence-electron chi connectivity index (χ2n) is 13.6. The number of nitrogens with zero attached hydrogens (tertiary/aromatic N) is 2. The first-order valence-electron chi connectivity index (χ1n) is 17.5. The summed E-state index contributed by atoms with van der Waals surface area (Å²) in [5, 5.41) is 5.72. The monoisotopic (exact) mass is 678 g/mol. The summed E-state index contributed by atoms with van der Waals surface area (Å²) in [4.78, 5) is 28.9. The van der Waals surface area contributed by atoms with Gasteiger partial charge in [0.25, 0.3) is 0 Å². The molecule has 1 heterocycles. The van der Waals surface area contributed by atoms with Crippen LogP contribution in [-0.2, 0) is 20.7 Å². The van der Waals surface area contributed by atoms with Gasteiger partial charge in [-0.3, -0.25) is 9.69 Å². The van der Waals surface area contributed by atoms with Gasteiger partial charge in [-0.2, -0.15) is 0 Å². The summed E-state index contributed by atoms with van der Waals surface area (Å²) in [6.07, 6.45) is 4.10. The summed E-state index contributed by atoms with van der Waals surface area (Å²) in [5.74, 6) is -0.602. The van der Waals surface area contributed by atoms with Gasteiger partial charge in [0.1, 0.15) is 23.3 Å². The molecule has 0 atom stereocenters. The number of amides is 2. The molecule has 8 nitrogen and oxygen atoms in total. The first-order valence-corrected chi connectivity index (χ1v) is 17.5. The number of unbranched alkanes of at least 4 members (excludes halogenated alkanes) is 2. The quantitative estimate of drug-likeness (QED) is 0.145.